The van der Waals surface area contributed by atoms with Gasteiger partial charge in [-0.1, -0.05) is 26.8 Å². The van der Waals surface area contributed by atoms with Gasteiger partial charge < -0.3 is 5.32 Å². The molecule has 68 valence electrons. The van der Waals surface area contributed by atoms with Gasteiger partial charge in [0.25, 0.3) is 0 Å². The molecule has 0 aliphatic carbocycles. The Balaban J connectivity index is 0.000000561. The van der Waals surface area contributed by atoms with Gasteiger partial charge in [0.15, 0.2) is 0 Å². The zero-order valence-corrected chi connectivity index (χ0v) is 8.39. The molecule has 12 heavy (non-hydrogen) atoms. The lowest BCUT2D eigenvalue weighted by atomic mass is 10.3. The number of rotatable bonds is 2. The number of pyridine rings is 1. The van der Waals surface area contributed by atoms with Gasteiger partial charge in [-0.3, -0.25) is 0 Å². The lowest BCUT2D eigenvalue weighted by molar-refractivity contribution is 1.04. The Morgan fingerprint density at radius 3 is 2.50 bits per heavy atom. The molecular formula is C10H18N2. The predicted molar refractivity (Wildman–Crippen MR) is 54.5 cm³/mol. The Kier molecular flexibility index (Phi) is 6.07. The molecule has 0 unspecified atom stereocenters. The monoisotopic (exact) mass is 166 g/mol. The van der Waals surface area contributed by atoms with E-state index in [1.54, 1.807) is 0 Å². The topological polar surface area (TPSA) is 24.9 Å². The molecule has 0 aromatic carbocycles. The second-order valence-corrected chi connectivity index (χ2v) is 2.12. The summed E-state index contributed by atoms with van der Waals surface area (Å²) in [5, 5.41) is 2.99. The van der Waals surface area contributed by atoms with Crippen LogP contribution in [0.3, 0.4) is 0 Å². The average Bonchev–Trinajstić information content (AvgIpc) is 2.21. The first kappa shape index (κ1) is 11.0. The van der Waals surface area contributed by atoms with Crippen molar-refractivity contribution in [3.8, 4) is 0 Å². The molecule has 0 radical (unpaired) electrons. The second-order valence-electron chi connectivity index (χ2n) is 2.12. The van der Waals surface area contributed by atoms with Crippen molar-refractivity contribution in [2.45, 2.75) is 27.2 Å². The minimum atomic E-state index is 0.944. The number of nitrogens with one attached hydrogen (secondary N) is 1. The molecule has 0 amide bonds. The molecular weight excluding hydrogens is 148 g/mol. The third-order valence-corrected chi connectivity index (χ3v) is 1.43. The molecule has 0 bridgehead atoms. The number of hydrogen-bond donors (Lipinski definition) is 1. The van der Waals surface area contributed by atoms with E-state index >= 15 is 0 Å². The minimum Gasteiger partial charge on any atom is -0.373 e. The van der Waals surface area contributed by atoms with Crippen LogP contribution >= 0.6 is 0 Å². The van der Waals surface area contributed by atoms with Crippen LogP contribution in [0.2, 0.25) is 0 Å². The van der Waals surface area contributed by atoms with Gasteiger partial charge in [-0.05, 0) is 18.6 Å². The summed E-state index contributed by atoms with van der Waals surface area (Å²) in [7, 11) is 1.88. The van der Waals surface area contributed by atoms with Crippen molar-refractivity contribution >= 4 is 5.82 Å². The molecule has 1 N–H and O–H groups in total. The summed E-state index contributed by atoms with van der Waals surface area (Å²) in [6, 6.07) is 6.00. The Labute approximate surface area is 75.0 Å². The van der Waals surface area contributed by atoms with E-state index in [1.807, 2.05) is 39.1 Å². The first-order valence-electron chi connectivity index (χ1n) is 4.50. The average molecular weight is 166 g/mol. The van der Waals surface area contributed by atoms with Gasteiger partial charge in [0.1, 0.15) is 5.82 Å². The van der Waals surface area contributed by atoms with Crippen molar-refractivity contribution in [1.29, 1.82) is 0 Å². The van der Waals surface area contributed by atoms with E-state index in [4.69, 9.17) is 0 Å². The Morgan fingerprint density at radius 1 is 1.33 bits per heavy atom. The smallest absolute Gasteiger partial charge is 0.125 e. The fourth-order valence-electron chi connectivity index (χ4n) is 0.816. The quantitative estimate of drug-likeness (QED) is 0.730. The van der Waals surface area contributed by atoms with Crippen molar-refractivity contribution in [2.75, 3.05) is 12.4 Å². The summed E-state index contributed by atoms with van der Waals surface area (Å²) in [6.07, 6.45) is 0.996. The summed E-state index contributed by atoms with van der Waals surface area (Å²) in [4.78, 5) is 4.30. The van der Waals surface area contributed by atoms with Gasteiger partial charge in [0.2, 0.25) is 0 Å². The number of aromatic nitrogens is 1. The van der Waals surface area contributed by atoms with Crippen LogP contribution in [-0.4, -0.2) is 12.0 Å². The molecule has 0 fully saturated rings. The van der Waals surface area contributed by atoms with E-state index in [-0.39, 0.29) is 0 Å². The summed E-state index contributed by atoms with van der Waals surface area (Å²) in [5.74, 6) is 0.944. The molecule has 1 aromatic heterocycles. The van der Waals surface area contributed by atoms with E-state index in [2.05, 4.69) is 17.2 Å². The van der Waals surface area contributed by atoms with Crippen LogP contribution in [0.5, 0.6) is 0 Å². The van der Waals surface area contributed by atoms with Crippen LogP contribution in [0.25, 0.3) is 0 Å². The largest absolute Gasteiger partial charge is 0.373 e. The molecule has 0 aliphatic rings. The maximum atomic E-state index is 4.30. The van der Waals surface area contributed by atoms with E-state index in [0.29, 0.717) is 0 Å². The molecule has 1 heterocycles. The maximum Gasteiger partial charge on any atom is 0.125 e. The third kappa shape index (κ3) is 3.37. The van der Waals surface area contributed by atoms with Crippen molar-refractivity contribution in [1.82, 2.24) is 4.98 Å². The SMILES string of the molecule is CC.CCc1cccc(NC)n1. The van der Waals surface area contributed by atoms with E-state index in [0.717, 1.165) is 17.9 Å². The number of hydrogen-bond acceptors (Lipinski definition) is 2. The van der Waals surface area contributed by atoms with E-state index in [9.17, 15) is 0 Å². The molecule has 0 aliphatic heterocycles. The van der Waals surface area contributed by atoms with Crippen molar-refractivity contribution in [3.05, 3.63) is 23.9 Å². The first-order valence-corrected chi connectivity index (χ1v) is 4.50. The van der Waals surface area contributed by atoms with E-state index in [1.165, 1.54) is 0 Å². The zero-order chi connectivity index (χ0) is 9.40. The van der Waals surface area contributed by atoms with Gasteiger partial charge in [0.05, 0.1) is 0 Å². The van der Waals surface area contributed by atoms with E-state index < -0.39 is 0 Å². The maximum absolute atomic E-state index is 4.30. The molecule has 2 nitrogen and oxygen atoms in total. The summed E-state index contributed by atoms with van der Waals surface area (Å²) in [6.45, 7) is 6.10. The highest BCUT2D eigenvalue weighted by atomic mass is 15.0. The lowest BCUT2D eigenvalue weighted by Gasteiger charge is -1.99. The molecule has 0 saturated heterocycles. The fraction of sp³-hybridized carbons (Fsp3) is 0.500. The Morgan fingerprint density at radius 2 is 2.00 bits per heavy atom. The lowest BCUT2D eigenvalue weighted by Crippen LogP contribution is -1.94. The zero-order valence-electron chi connectivity index (χ0n) is 8.39. The third-order valence-electron chi connectivity index (χ3n) is 1.43. The number of nitrogens with zero attached hydrogens (tertiary/aromatic N) is 1. The summed E-state index contributed by atoms with van der Waals surface area (Å²) >= 11 is 0. The molecule has 1 rings (SSSR count). The van der Waals surface area contributed by atoms with Crippen LogP contribution in [0.1, 0.15) is 26.5 Å². The number of anilines is 1. The highest BCUT2D eigenvalue weighted by molar-refractivity contribution is 5.34. The summed E-state index contributed by atoms with van der Waals surface area (Å²) < 4.78 is 0. The second kappa shape index (κ2) is 6.65. The van der Waals surface area contributed by atoms with Crippen molar-refractivity contribution < 1.29 is 0 Å². The van der Waals surface area contributed by atoms with Gasteiger partial charge >= 0.3 is 0 Å². The highest BCUT2D eigenvalue weighted by Crippen LogP contribution is 2.03. The molecule has 0 spiro atoms. The van der Waals surface area contributed by atoms with Gasteiger partial charge in [-0.25, -0.2) is 4.98 Å². The van der Waals surface area contributed by atoms with Gasteiger partial charge in [0, 0.05) is 12.7 Å². The minimum absolute atomic E-state index is 0.944. The van der Waals surface area contributed by atoms with Gasteiger partial charge in [-0.2, -0.15) is 0 Å². The van der Waals surface area contributed by atoms with Gasteiger partial charge in [-0.15, -0.1) is 0 Å². The van der Waals surface area contributed by atoms with Crippen LogP contribution < -0.4 is 5.32 Å². The van der Waals surface area contributed by atoms with Crippen molar-refractivity contribution in [3.63, 3.8) is 0 Å². The fourth-order valence-corrected chi connectivity index (χ4v) is 0.816. The van der Waals surface area contributed by atoms with Crippen LogP contribution in [0.15, 0.2) is 18.2 Å². The molecule has 2 heteroatoms. The molecule has 0 atom stereocenters. The normalized spacial score (nSPS) is 8.33. The first-order chi connectivity index (χ1) is 5.86. The molecule has 1 aromatic rings. The molecule has 0 saturated carbocycles. The van der Waals surface area contributed by atoms with Crippen LogP contribution in [-0.2, 0) is 6.42 Å². The summed E-state index contributed by atoms with van der Waals surface area (Å²) in [5.41, 5.74) is 1.13. The number of aryl methyl sites for hydroxylation is 1. The van der Waals surface area contributed by atoms with Crippen LogP contribution in [0.4, 0.5) is 5.82 Å². The van der Waals surface area contributed by atoms with Crippen LogP contribution in [0, 0.1) is 0 Å². The predicted octanol–water partition coefficient (Wildman–Crippen LogP) is 2.71. The standard InChI is InChI=1S/C8H12N2.C2H6/c1-3-7-5-4-6-8(9-2)10-7;1-2/h4-6H,3H2,1-2H3,(H,9,10);1-2H3. The van der Waals surface area contributed by atoms with Crippen molar-refractivity contribution in [2.24, 2.45) is 0 Å². The Bertz CT molecular complexity index is 189. The Hall–Kier alpha value is -1.05. The highest BCUT2D eigenvalue weighted by Gasteiger charge is 1.90.